The highest BCUT2D eigenvalue weighted by atomic mass is 19.1. The summed E-state index contributed by atoms with van der Waals surface area (Å²) in [7, 11) is 3.68. The number of aliphatic hydroxyl groups is 1. The molecule has 42 heavy (non-hydrogen) atoms. The minimum absolute atomic E-state index is 0.126. The van der Waals surface area contributed by atoms with E-state index in [1.165, 1.54) is 0 Å². The van der Waals surface area contributed by atoms with Crippen LogP contribution in [0, 0.1) is 5.82 Å². The van der Waals surface area contributed by atoms with Gasteiger partial charge in [0.25, 0.3) is 0 Å². The summed E-state index contributed by atoms with van der Waals surface area (Å²) in [5.41, 5.74) is 5.26. The van der Waals surface area contributed by atoms with Gasteiger partial charge in [-0.1, -0.05) is 18.2 Å². The van der Waals surface area contributed by atoms with E-state index in [1.54, 1.807) is 19.4 Å². The van der Waals surface area contributed by atoms with Gasteiger partial charge in [0.1, 0.15) is 11.7 Å². The van der Waals surface area contributed by atoms with Gasteiger partial charge in [-0.25, -0.2) is 14.4 Å². The van der Waals surface area contributed by atoms with Crippen molar-refractivity contribution in [1.29, 1.82) is 0 Å². The maximum atomic E-state index is 15.1. The summed E-state index contributed by atoms with van der Waals surface area (Å²) in [5, 5.41) is 23.8. The van der Waals surface area contributed by atoms with Gasteiger partial charge in [0.2, 0.25) is 11.9 Å². The molecule has 1 aliphatic carbocycles. The lowest BCUT2D eigenvalue weighted by molar-refractivity contribution is -0.124. The number of hydrogen-bond acceptors (Lipinski definition) is 9. The number of benzene rings is 2. The summed E-state index contributed by atoms with van der Waals surface area (Å²) in [6.45, 7) is 3.49. The van der Waals surface area contributed by atoms with Crippen LogP contribution in [0.4, 0.5) is 21.7 Å². The van der Waals surface area contributed by atoms with Crippen LogP contribution in [0.3, 0.4) is 0 Å². The van der Waals surface area contributed by atoms with E-state index in [9.17, 15) is 9.90 Å². The molecule has 11 nitrogen and oxygen atoms in total. The van der Waals surface area contributed by atoms with Crippen molar-refractivity contribution in [3.05, 3.63) is 77.0 Å². The first-order valence-corrected chi connectivity index (χ1v) is 13.9. The molecule has 0 radical (unpaired) electrons. The van der Waals surface area contributed by atoms with Crippen molar-refractivity contribution in [3.63, 3.8) is 0 Å². The molecule has 4 aromatic rings. The number of ether oxygens (including phenoxy) is 1. The molecule has 12 heteroatoms. The first-order valence-electron chi connectivity index (χ1n) is 13.9. The van der Waals surface area contributed by atoms with E-state index in [-0.39, 0.29) is 24.2 Å². The number of nitrogens with zero attached hydrogens (tertiary/aromatic N) is 5. The Kier molecular flexibility index (Phi) is 7.94. The lowest BCUT2D eigenvalue weighted by atomic mass is 10.0. The van der Waals surface area contributed by atoms with Gasteiger partial charge in [0.05, 0.1) is 31.1 Å². The van der Waals surface area contributed by atoms with E-state index < -0.39 is 11.9 Å². The summed E-state index contributed by atoms with van der Waals surface area (Å²) >= 11 is 0. The highest BCUT2D eigenvalue weighted by Crippen LogP contribution is 2.37. The zero-order chi connectivity index (χ0) is 29.2. The fourth-order valence-corrected chi connectivity index (χ4v) is 5.64. The Morgan fingerprint density at radius 3 is 2.83 bits per heavy atom. The van der Waals surface area contributed by atoms with E-state index >= 15 is 4.39 Å². The molecule has 218 valence electrons. The van der Waals surface area contributed by atoms with Gasteiger partial charge in [0, 0.05) is 55.6 Å². The average molecular weight is 573 g/mol. The molecule has 4 N–H and O–H groups in total. The SMILES string of the molecule is COC[C@H](C(=O)Nc1cccc2c1CC=C2c1nc(Nc2cc(CO)c3cn[nH]c3c2)ncc1F)N1CCN(C)CC1. The normalized spacial score (nSPS) is 16.3. The lowest BCUT2D eigenvalue weighted by Crippen LogP contribution is -2.54. The molecule has 1 aliphatic heterocycles. The fraction of sp³-hybridized carbons (Fsp3) is 0.333. The van der Waals surface area contributed by atoms with E-state index in [2.05, 4.69) is 47.6 Å². The Hall–Kier alpha value is -4.23. The number of halogens is 1. The summed E-state index contributed by atoms with van der Waals surface area (Å²) in [4.78, 5) is 26.5. The first kappa shape index (κ1) is 27.9. The first-order chi connectivity index (χ1) is 20.4. The van der Waals surface area contributed by atoms with Crippen LogP contribution < -0.4 is 10.6 Å². The molecule has 6 rings (SSSR count). The van der Waals surface area contributed by atoms with Crippen LogP contribution in [-0.2, 0) is 22.6 Å². The molecule has 1 fully saturated rings. The number of aromatic nitrogens is 4. The van der Waals surface area contributed by atoms with E-state index in [0.29, 0.717) is 35.5 Å². The van der Waals surface area contributed by atoms with Crippen molar-refractivity contribution < 1.29 is 19.0 Å². The fourth-order valence-electron chi connectivity index (χ4n) is 5.64. The maximum Gasteiger partial charge on any atom is 0.244 e. The van der Waals surface area contributed by atoms with Gasteiger partial charge in [0.15, 0.2) is 5.82 Å². The molecule has 1 amide bonds. The summed E-state index contributed by atoms with van der Waals surface area (Å²) in [6, 6.07) is 8.83. The largest absolute Gasteiger partial charge is 0.392 e. The summed E-state index contributed by atoms with van der Waals surface area (Å²) < 4.78 is 20.5. The Labute approximate surface area is 242 Å². The monoisotopic (exact) mass is 572 g/mol. The molecule has 0 unspecified atom stereocenters. The topological polar surface area (TPSA) is 132 Å². The number of aliphatic hydroxyl groups excluding tert-OH is 1. The Balaban J connectivity index is 1.23. The van der Waals surface area contributed by atoms with Gasteiger partial charge in [-0.05, 0) is 48.4 Å². The van der Waals surface area contributed by atoms with Gasteiger partial charge >= 0.3 is 0 Å². The second-order valence-electron chi connectivity index (χ2n) is 10.6. The lowest BCUT2D eigenvalue weighted by Gasteiger charge is -2.36. The molecule has 0 saturated carbocycles. The van der Waals surface area contributed by atoms with E-state index in [0.717, 1.165) is 54.4 Å². The van der Waals surface area contributed by atoms with E-state index in [4.69, 9.17) is 4.74 Å². The number of anilines is 3. The van der Waals surface area contributed by atoms with Crippen LogP contribution in [-0.4, -0.2) is 94.0 Å². The number of carbonyl (C=O) groups is 1. The predicted octanol–water partition coefficient (Wildman–Crippen LogP) is 2.92. The molecule has 0 bridgehead atoms. The number of amides is 1. The van der Waals surface area contributed by atoms with Gasteiger partial charge in [-0.3, -0.25) is 14.8 Å². The van der Waals surface area contributed by atoms with E-state index in [1.807, 2.05) is 30.3 Å². The van der Waals surface area contributed by atoms with Gasteiger partial charge < -0.3 is 25.4 Å². The quantitative estimate of drug-likeness (QED) is 0.239. The van der Waals surface area contributed by atoms with Crippen LogP contribution in [0.25, 0.3) is 16.5 Å². The zero-order valence-electron chi connectivity index (χ0n) is 23.5. The molecule has 1 saturated heterocycles. The molecule has 2 aromatic heterocycles. The Bertz CT molecular complexity index is 1650. The van der Waals surface area contributed by atoms with Crippen LogP contribution in [0.1, 0.15) is 22.4 Å². The highest BCUT2D eigenvalue weighted by molar-refractivity contribution is 5.97. The number of aromatic amines is 1. The van der Waals surface area contributed by atoms with Crippen LogP contribution in [0.15, 0.2) is 48.8 Å². The second-order valence-corrected chi connectivity index (χ2v) is 10.6. The minimum atomic E-state index is -0.551. The van der Waals surface area contributed by atoms with Crippen molar-refractivity contribution in [2.45, 2.75) is 19.1 Å². The summed E-state index contributed by atoms with van der Waals surface area (Å²) in [5.74, 6) is -0.466. The van der Waals surface area contributed by atoms with Crippen molar-refractivity contribution in [1.82, 2.24) is 30.0 Å². The van der Waals surface area contributed by atoms with Gasteiger partial charge in [-0.2, -0.15) is 5.10 Å². The third-order valence-electron chi connectivity index (χ3n) is 7.91. The summed E-state index contributed by atoms with van der Waals surface area (Å²) in [6.07, 6.45) is 5.24. The number of fused-ring (bicyclic) bond motifs is 2. The van der Waals surface area contributed by atoms with Crippen LogP contribution in [0.5, 0.6) is 0 Å². The third-order valence-corrected chi connectivity index (χ3v) is 7.91. The molecular formula is C30H33FN8O3. The molecule has 1 atom stereocenters. The second kappa shape index (κ2) is 11.9. The number of carbonyl (C=O) groups excluding carboxylic acids is 1. The molecular weight excluding hydrogens is 539 g/mol. The number of hydrogen-bond donors (Lipinski definition) is 4. The van der Waals surface area contributed by atoms with Crippen LogP contribution >= 0.6 is 0 Å². The molecule has 2 aliphatic rings. The Morgan fingerprint density at radius 1 is 1.21 bits per heavy atom. The number of allylic oxidation sites excluding steroid dienone is 1. The number of H-pyrrole nitrogens is 1. The van der Waals surface area contributed by atoms with Crippen molar-refractivity contribution in [2.24, 2.45) is 0 Å². The number of methoxy groups -OCH3 is 1. The minimum Gasteiger partial charge on any atom is -0.392 e. The molecule has 0 spiro atoms. The Morgan fingerprint density at radius 2 is 2.05 bits per heavy atom. The highest BCUT2D eigenvalue weighted by Gasteiger charge is 2.30. The number of likely N-dealkylation sites (N-methyl/N-ethyl adjacent to an activating group) is 1. The molecule has 3 heterocycles. The molecule has 2 aromatic carbocycles. The average Bonchev–Trinajstić information content (AvgIpc) is 3.65. The smallest absolute Gasteiger partial charge is 0.244 e. The van der Waals surface area contributed by atoms with Crippen molar-refractivity contribution >= 4 is 39.7 Å². The van der Waals surface area contributed by atoms with Gasteiger partial charge in [-0.15, -0.1) is 0 Å². The number of piperazine rings is 1. The zero-order valence-corrected chi connectivity index (χ0v) is 23.5. The standard InChI is InChI=1S/C30H33FN8O3/c1-38-8-10-39(11-9-38)27(17-42-2)29(41)35-25-5-3-4-20-21(25)6-7-22(20)28-24(31)15-32-30(36-28)34-19-12-18(16-40)23-14-33-37-26(23)13-19/h3-5,7,12-15,27,40H,6,8-11,16-17H2,1-2H3,(H,33,37)(H,35,41)(H,32,34,36)/t27-/m1/s1. The number of nitrogens with one attached hydrogen (secondary N) is 3. The van der Waals surface area contributed by atoms with Crippen molar-refractivity contribution in [3.8, 4) is 0 Å². The van der Waals surface area contributed by atoms with Crippen molar-refractivity contribution in [2.75, 3.05) is 57.6 Å². The predicted molar refractivity (Wildman–Crippen MR) is 158 cm³/mol. The maximum absolute atomic E-state index is 15.1. The number of rotatable bonds is 9. The third kappa shape index (κ3) is 5.49. The van der Waals surface area contributed by atoms with Crippen LogP contribution in [0.2, 0.25) is 0 Å².